The molecule has 2 aliphatic heterocycles. The number of rotatable bonds is 6. The predicted molar refractivity (Wildman–Crippen MR) is 104 cm³/mol. The summed E-state index contributed by atoms with van der Waals surface area (Å²) in [6, 6.07) is 4.66. The number of alkyl halides is 3. The van der Waals surface area contributed by atoms with E-state index in [1.165, 1.54) is 20.7 Å². The van der Waals surface area contributed by atoms with E-state index in [1.54, 1.807) is 6.92 Å². The van der Waals surface area contributed by atoms with E-state index in [0.717, 1.165) is 12.1 Å². The van der Waals surface area contributed by atoms with Crippen molar-refractivity contribution in [2.24, 2.45) is 5.92 Å². The number of hydrogen-bond acceptors (Lipinski definition) is 5. The molecule has 31 heavy (non-hydrogen) atoms. The molecule has 2 heterocycles. The van der Waals surface area contributed by atoms with Gasteiger partial charge >= 0.3 is 12.3 Å². The highest BCUT2D eigenvalue weighted by Crippen LogP contribution is 2.30. The van der Waals surface area contributed by atoms with Crippen LogP contribution in [-0.4, -0.2) is 66.2 Å². The van der Waals surface area contributed by atoms with E-state index in [9.17, 15) is 26.4 Å². The van der Waals surface area contributed by atoms with E-state index in [4.69, 9.17) is 9.84 Å². The van der Waals surface area contributed by atoms with Crippen LogP contribution in [0.5, 0.6) is 11.5 Å². The number of carboxylic acid groups (broad SMARTS) is 1. The van der Waals surface area contributed by atoms with Gasteiger partial charge in [0.15, 0.2) is 0 Å². The molecule has 1 N–H and O–H groups in total. The zero-order valence-electron chi connectivity index (χ0n) is 16.9. The second-order valence-electron chi connectivity index (χ2n) is 7.76. The van der Waals surface area contributed by atoms with Gasteiger partial charge in [0.2, 0.25) is 0 Å². The molecule has 0 saturated carbocycles. The van der Waals surface area contributed by atoms with E-state index in [2.05, 4.69) is 4.74 Å². The Hall–Kier alpha value is -2.05. The molecule has 2 unspecified atom stereocenters. The first-order chi connectivity index (χ1) is 14.5. The van der Waals surface area contributed by atoms with Crippen LogP contribution < -0.4 is 9.47 Å². The predicted octanol–water partition coefficient (Wildman–Crippen LogP) is 2.86. The molecular formula is C19H25F3N2O6S. The molecule has 174 valence electrons. The fourth-order valence-corrected chi connectivity index (χ4v) is 5.80. The molecule has 0 bridgehead atoms. The molecule has 3 rings (SSSR count). The van der Waals surface area contributed by atoms with Crippen molar-refractivity contribution in [2.45, 2.75) is 51.1 Å². The van der Waals surface area contributed by atoms with Crippen LogP contribution in [0.15, 0.2) is 24.3 Å². The highest BCUT2D eigenvalue weighted by Gasteiger charge is 2.40. The molecule has 12 heteroatoms. The van der Waals surface area contributed by atoms with Gasteiger partial charge in [-0.2, -0.15) is 17.0 Å². The summed E-state index contributed by atoms with van der Waals surface area (Å²) in [5.41, 5.74) is 0. The summed E-state index contributed by atoms with van der Waals surface area (Å²) in [4.78, 5) is 11.2. The third-order valence-electron chi connectivity index (χ3n) is 5.55. The smallest absolute Gasteiger partial charge is 0.490 e. The van der Waals surface area contributed by atoms with Gasteiger partial charge in [-0.05, 0) is 56.9 Å². The maximum Gasteiger partial charge on any atom is 0.573 e. The third-order valence-corrected chi connectivity index (χ3v) is 7.70. The van der Waals surface area contributed by atoms with Crippen molar-refractivity contribution in [3.63, 3.8) is 0 Å². The number of hydrogen-bond donors (Lipinski definition) is 1. The lowest BCUT2D eigenvalue weighted by atomic mass is 9.93. The average Bonchev–Trinajstić information content (AvgIpc) is 2.68. The van der Waals surface area contributed by atoms with Crippen molar-refractivity contribution in [3.05, 3.63) is 24.3 Å². The minimum atomic E-state index is -4.76. The largest absolute Gasteiger partial charge is 0.573 e. The number of aliphatic carboxylic acids is 1. The van der Waals surface area contributed by atoms with E-state index in [1.807, 2.05) is 0 Å². The summed E-state index contributed by atoms with van der Waals surface area (Å²) in [6.07, 6.45) is -3.61. The first-order valence-corrected chi connectivity index (χ1v) is 11.4. The average molecular weight is 466 g/mol. The summed E-state index contributed by atoms with van der Waals surface area (Å²) < 4.78 is 75.0. The lowest BCUT2D eigenvalue weighted by Gasteiger charge is -2.40. The molecule has 0 aromatic heterocycles. The minimum Gasteiger partial charge on any atom is -0.490 e. The molecule has 2 aliphatic rings. The van der Waals surface area contributed by atoms with Crippen molar-refractivity contribution >= 4 is 16.2 Å². The van der Waals surface area contributed by atoms with Gasteiger partial charge < -0.3 is 14.6 Å². The van der Waals surface area contributed by atoms with Crippen LogP contribution in [0.2, 0.25) is 0 Å². The molecule has 2 fully saturated rings. The van der Waals surface area contributed by atoms with Gasteiger partial charge in [-0.25, -0.2) is 0 Å². The molecule has 0 radical (unpaired) electrons. The van der Waals surface area contributed by atoms with Gasteiger partial charge in [0.1, 0.15) is 17.6 Å². The number of benzene rings is 1. The van der Waals surface area contributed by atoms with Crippen molar-refractivity contribution in [1.29, 1.82) is 0 Å². The number of piperidine rings is 2. The standard InChI is InChI=1S/C19H25F3N2O6S/c1-13-12-14(18(25)26)6-11-24(13)31(27,28)23-9-7-16(8-10-23)29-15-2-4-17(5-3-15)30-19(20,21)22/h2-5,13-14,16H,6-12H2,1H3,(H,25,26). The van der Waals surface area contributed by atoms with Gasteiger partial charge in [-0.15, -0.1) is 13.2 Å². The van der Waals surface area contributed by atoms with Crippen LogP contribution in [0.3, 0.4) is 0 Å². The summed E-state index contributed by atoms with van der Waals surface area (Å²) >= 11 is 0. The van der Waals surface area contributed by atoms with E-state index >= 15 is 0 Å². The van der Waals surface area contributed by atoms with Crippen molar-refractivity contribution in [1.82, 2.24) is 8.61 Å². The summed E-state index contributed by atoms with van der Waals surface area (Å²) in [5, 5.41) is 9.16. The molecule has 8 nitrogen and oxygen atoms in total. The second-order valence-corrected chi connectivity index (χ2v) is 9.64. The fraction of sp³-hybridized carbons (Fsp3) is 0.632. The Morgan fingerprint density at radius 2 is 1.65 bits per heavy atom. The van der Waals surface area contributed by atoms with Gasteiger partial charge in [0.05, 0.1) is 5.92 Å². The zero-order chi connectivity index (χ0) is 22.8. The van der Waals surface area contributed by atoms with Crippen molar-refractivity contribution < 1.29 is 41.0 Å². The summed E-state index contributed by atoms with van der Waals surface area (Å²) in [7, 11) is -3.71. The molecule has 0 spiro atoms. The number of carboxylic acids is 1. The van der Waals surface area contributed by atoms with Crippen LogP contribution in [0.1, 0.15) is 32.6 Å². The van der Waals surface area contributed by atoms with Crippen molar-refractivity contribution in [2.75, 3.05) is 19.6 Å². The zero-order valence-corrected chi connectivity index (χ0v) is 17.7. The van der Waals surface area contributed by atoms with Crippen LogP contribution in [0.25, 0.3) is 0 Å². The molecule has 1 aromatic carbocycles. The second kappa shape index (κ2) is 9.21. The Kier molecular flexibility index (Phi) is 7.01. The van der Waals surface area contributed by atoms with Gasteiger partial charge in [-0.3, -0.25) is 4.79 Å². The number of ether oxygens (including phenoxy) is 2. The van der Waals surface area contributed by atoms with Gasteiger partial charge in [0, 0.05) is 25.7 Å². The van der Waals surface area contributed by atoms with E-state index < -0.39 is 34.5 Å². The SMILES string of the molecule is CC1CC(C(=O)O)CCN1S(=O)(=O)N1CCC(Oc2ccc(OC(F)(F)F)cc2)CC1. The Morgan fingerprint density at radius 3 is 2.16 bits per heavy atom. The van der Waals surface area contributed by atoms with E-state index in [-0.39, 0.29) is 44.3 Å². The molecular weight excluding hydrogens is 441 g/mol. The highest BCUT2D eigenvalue weighted by molar-refractivity contribution is 7.86. The van der Waals surface area contributed by atoms with Crippen molar-refractivity contribution in [3.8, 4) is 11.5 Å². The highest BCUT2D eigenvalue weighted by atomic mass is 32.2. The lowest BCUT2D eigenvalue weighted by Crippen LogP contribution is -2.54. The first kappa shape index (κ1) is 23.6. The number of carbonyl (C=O) groups is 1. The minimum absolute atomic E-state index is 0.170. The van der Waals surface area contributed by atoms with Gasteiger partial charge in [0.25, 0.3) is 10.2 Å². The van der Waals surface area contributed by atoms with E-state index in [0.29, 0.717) is 18.6 Å². The monoisotopic (exact) mass is 466 g/mol. The van der Waals surface area contributed by atoms with Crippen LogP contribution in [0.4, 0.5) is 13.2 Å². The normalized spacial score (nSPS) is 24.6. The fourth-order valence-electron chi connectivity index (χ4n) is 3.96. The summed E-state index contributed by atoms with van der Waals surface area (Å²) in [5.74, 6) is -1.41. The first-order valence-electron chi connectivity index (χ1n) is 9.98. The Balaban J connectivity index is 1.52. The van der Waals surface area contributed by atoms with Gasteiger partial charge in [-0.1, -0.05) is 0 Å². The topological polar surface area (TPSA) is 96.4 Å². The molecule has 1 aromatic rings. The molecule has 0 amide bonds. The van der Waals surface area contributed by atoms with Crippen LogP contribution in [-0.2, 0) is 15.0 Å². The Bertz CT molecular complexity index is 870. The lowest BCUT2D eigenvalue weighted by molar-refractivity contribution is -0.274. The maximum absolute atomic E-state index is 13.0. The number of nitrogens with zero attached hydrogens (tertiary/aromatic N) is 2. The van der Waals surface area contributed by atoms with Crippen LogP contribution in [0, 0.1) is 5.92 Å². The number of halogens is 3. The van der Waals surface area contributed by atoms with Crippen LogP contribution >= 0.6 is 0 Å². The Morgan fingerprint density at radius 1 is 1.06 bits per heavy atom. The Labute approximate surface area is 178 Å². The maximum atomic E-state index is 13.0. The quantitative estimate of drug-likeness (QED) is 0.693. The molecule has 0 aliphatic carbocycles. The molecule has 2 saturated heterocycles. The molecule has 2 atom stereocenters. The summed E-state index contributed by atoms with van der Waals surface area (Å²) in [6.45, 7) is 2.37. The third kappa shape index (κ3) is 6.01.